The summed E-state index contributed by atoms with van der Waals surface area (Å²) in [5.41, 5.74) is 4.11. The molecule has 0 atom stereocenters. The lowest BCUT2D eigenvalue weighted by Gasteiger charge is -2.09. The monoisotopic (exact) mass is 395 g/mol. The molecule has 0 radical (unpaired) electrons. The maximum Gasteiger partial charge on any atom is 0.113 e. The van der Waals surface area contributed by atoms with Gasteiger partial charge in [0.1, 0.15) is 12.4 Å². The Labute approximate surface area is 173 Å². The van der Waals surface area contributed by atoms with Gasteiger partial charge in [0, 0.05) is 23.8 Å². The summed E-state index contributed by atoms with van der Waals surface area (Å²) in [5.74, 6) is 0.715. The smallest absolute Gasteiger partial charge is 0.113 e. The van der Waals surface area contributed by atoms with Gasteiger partial charge >= 0.3 is 0 Å². The number of allylic oxidation sites excluding steroid dienone is 6. The number of halogens is 1. The molecular weight excluding hydrogens is 365 g/mol. The third-order valence-corrected chi connectivity index (χ3v) is 3.86. The number of nitrogens with zero attached hydrogens (tertiary/aromatic N) is 2. The largest absolute Gasteiger partial charge is 0.344 e. The van der Waals surface area contributed by atoms with Gasteiger partial charge in [0.2, 0.25) is 0 Å². The molecule has 0 heterocycles. The van der Waals surface area contributed by atoms with Crippen LogP contribution in [0.2, 0.25) is 0 Å². The lowest BCUT2D eigenvalue weighted by molar-refractivity contribution is -0.115. The van der Waals surface area contributed by atoms with Gasteiger partial charge in [-0.2, -0.15) is 4.94 Å². The summed E-state index contributed by atoms with van der Waals surface area (Å²) >= 11 is 0. The zero-order valence-electron chi connectivity index (χ0n) is 17.7. The number of amidine groups is 1. The zero-order chi connectivity index (χ0) is 21.5. The number of rotatable bonds is 10. The van der Waals surface area contributed by atoms with Gasteiger partial charge in [-0.25, -0.2) is 4.99 Å². The molecule has 0 aliphatic heterocycles. The van der Waals surface area contributed by atoms with Gasteiger partial charge in [0.25, 0.3) is 0 Å². The van der Waals surface area contributed by atoms with Crippen LogP contribution in [0.15, 0.2) is 89.2 Å². The molecule has 1 aromatic carbocycles. The van der Waals surface area contributed by atoms with Crippen LogP contribution in [0.5, 0.6) is 0 Å². The highest BCUT2D eigenvalue weighted by Gasteiger charge is 2.04. The molecule has 29 heavy (non-hydrogen) atoms. The number of aliphatic imine (C=N–C) groups is 2. The quantitative estimate of drug-likeness (QED) is 0.268. The third-order valence-electron chi connectivity index (χ3n) is 3.86. The van der Waals surface area contributed by atoms with Crippen molar-refractivity contribution in [1.29, 1.82) is 0 Å². The van der Waals surface area contributed by atoms with E-state index >= 15 is 0 Å². The predicted octanol–water partition coefficient (Wildman–Crippen LogP) is 6.83. The second-order valence-corrected chi connectivity index (χ2v) is 6.24. The summed E-state index contributed by atoms with van der Waals surface area (Å²) in [7, 11) is 0. The topological polar surface area (TPSA) is 46.0 Å². The average Bonchev–Trinajstić information content (AvgIpc) is 2.71. The Morgan fingerprint density at radius 3 is 2.72 bits per heavy atom. The van der Waals surface area contributed by atoms with E-state index in [0.717, 1.165) is 34.5 Å². The first-order chi connectivity index (χ1) is 14.0. The first kappa shape index (κ1) is 24.0. The van der Waals surface area contributed by atoms with E-state index in [0.29, 0.717) is 5.84 Å². The van der Waals surface area contributed by atoms with Crippen LogP contribution in [-0.4, -0.2) is 18.2 Å². The van der Waals surface area contributed by atoms with Crippen LogP contribution in [0.25, 0.3) is 5.57 Å². The van der Waals surface area contributed by atoms with Crippen molar-refractivity contribution in [2.24, 2.45) is 9.98 Å². The van der Waals surface area contributed by atoms with Crippen molar-refractivity contribution in [3.8, 4) is 0 Å². The van der Waals surface area contributed by atoms with Crippen LogP contribution in [0.1, 0.15) is 39.7 Å². The van der Waals surface area contributed by atoms with E-state index in [2.05, 4.69) is 26.8 Å². The van der Waals surface area contributed by atoms with Gasteiger partial charge in [-0.15, -0.1) is 0 Å². The zero-order valence-corrected chi connectivity index (χ0v) is 17.7. The lowest BCUT2D eigenvalue weighted by atomic mass is 10.1. The van der Waals surface area contributed by atoms with E-state index in [1.165, 1.54) is 0 Å². The molecule has 5 heteroatoms. The van der Waals surface area contributed by atoms with Crippen LogP contribution < -0.4 is 5.32 Å². The Kier molecular flexibility index (Phi) is 11.6. The van der Waals surface area contributed by atoms with Gasteiger partial charge in [-0.3, -0.25) is 4.99 Å². The highest BCUT2D eigenvalue weighted by Crippen LogP contribution is 2.20. The molecule has 0 bridgehead atoms. The Bertz CT molecular complexity index is 845. The van der Waals surface area contributed by atoms with Crippen molar-refractivity contribution in [1.82, 2.24) is 0 Å². The third kappa shape index (κ3) is 9.63. The summed E-state index contributed by atoms with van der Waals surface area (Å²) in [5, 5.41) is 3.23. The fourth-order valence-electron chi connectivity index (χ4n) is 2.27. The molecule has 1 rings (SSSR count). The predicted molar refractivity (Wildman–Crippen MR) is 124 cm³/mol. The molecule has 154 valence electrons. The minimum Gasteiger partial charge on any atom is -0.344 e. The molecular formula is C24H30FN3O. The van der Waals surface area contributed by atoms with E-state index in [-0.39, 0.29) is 6.61 Å². The molecule has 1 N–H and O–H groups in total. The summed E-state index contributed by atoms with van der Waals surface area (Å²) in [6.07, 6.45) is 13.8. The van der Waals surface area contributed by atoms with Crippen molar-refractivity contribution in [2.75, 3.05) is 11.9 Å². The van der Waals surface area contributed by atoms with Crippen LogP contribution in [-0.2, 0) is 4.94 Å². The summed E-state index contributed by atoms with van der Waals surface area (Å²) < 4.78 is 12.5. The molecule has 0 saturated carbocycles. The van der Waals surface area contributed by atoms with Crippen molar-refractivity contribution in [3.63, 3.8) is 0 Å². The molecule has 0 aliphatic carbocycles. The van der Waals surface area contributed by atoms with Gasteiger partial charge in [-0.05, 0) is 66.6 Å². The molecule has 0 fully saturated rings. The van der Waals surface area contributed by atoms with Crippen molar-refractivity contribution < 1.29 is 9.47 Å². The van der Waals surface area contributed by atoms with Gasteiger partial charge in [-0.1, -0.05) is 49.9 Å². The number of hydrogen-bond donors (Lipinski definition) is 1. The number of benzene rings is 1. The standard InChI is InChI=1S/C24H30FN3O/c1-6-8-9-11-23(18-29-25)22-12-10-13-24(17-22)28-21(5)27-16-14-19(3)20(4)26-15-7-2/h7-17H,3,6,18H2,1-2,4-5H3,(H,27,28)/b9-8-,15-7-,16-14-,23-11+,26-20?. The number of hydrogen-bond acceptors (Lipinski definition) is 3. The Morgan fingerprint density at radius 1 is 1.24 bits per heavy atom. The maximum absolute atomic E-state index is 12.5. The maximum atomic E-state index is 12.5. The van der Waals surface area contributed by atoms with Crippen LogP contribution in [0.4, 0.5) is 10.2 Å². The van der Waals surface area contributed by atoms with E-state index in [1.54, 1.807) is 12.4 Å². The highest BCUT2D eigenvalue weighted by atomic mass is 19.3. The summed E-state index contributed by atoms with van der Waals surface area (Å²) in [6.45, 7) is 11.6. The fraction of sp³-hybridized carbons (Fsp3) is 0.250. The Hall–Kier alpha value is -3.05. The van der Waals surface area contributed by atoms with Crippen molar-refractivity contribution >= 4 is 22.8 Å². The van der Waals surface area contributed by atoms with E-state index in [4.69, 9.17) is 0 Å². The first-order valence-electron chi connectivity index (χ1n) is 9.54. The van der Waals surface area contributed by atoms with E-state index in [9.17, 15) is 4.53 Å². The van der Waals surface area contributed by atoms with Crippen LogP contribution in [0.3, 0.4) is 0 Å². The molecule has 0 aliphatic rings. The fourth-order valence-corrected chi connectivity index (χ4v) is 2.27. The molecule has 0 saturated heterocycles. The molecule has 0 spiro atoms. The first-order valence-corrected chi connectivity index (χ1v) is 9.54. The van der Waals surface area contributed by atoms with Crippen molar-refractivity contribution in [2.45, 2.75) is 34.1 Å². The Morgan fingerprint density at radius 2 is 2.03 bits per heavy atom. The van der Waals surface area contributed by atoms with Crippen molar-refractivity contribution in [3.05, 3.63) is 84.8 Å². The number of anilines is 1. The van der Waals surface area contributed by atoms with E-state index in [1.807, 2.05) is 82.3 Å². The van der Waals surface area contributed by atoms with Gasteiger partial charge in [0.15, 0.2) is 0 Å². The molecule has 1 aromatic rings. The highest BCUT2D eigenvalue weighted by molar-refractivity contribution is 6.00. The SMILES string of the molecule is C=C(/C=C\N=C(C)Nc1cccc(/C(=C/C=C\CC)COF)c1)C(C)=N/C=C\C. The number of nitrogens with one attached hydrogen (secondary N) is 1. The normalized spacial score (nSPS) is 13.8. The van der Waals surface area contributed by atoms with Gasteiger partial charge < -0.3 is 5.32 Å². The van der Waals surface area contributed by atoms with Gasteiger partial charge in [0.05, 0.1) is 0 Å². The molecule has 0 unspecified atom stereocenters. The summed E-state index contributed by atoms with van der Waals surface area (Å²) in [4.78, 5) is 12.5. The minimum atomic E-state index is -0.108. The second-order valence-electron chi connectivity index (χ2n) is 6.24. The minimum absolute atomic E-state index is 0.108. The molecule has 0 amide bonds. The summed E-state index contributed by atoms with van der Waals surface area (Å²) in [6, 6.07) is 7.67. The second kappa shape index (κ2) is 14.0. The van der Waals surface area contributed by atoms with E-state index < -0.39 is 0 Å². The average molecular weight is 396 g/mol. The molecule has 0 aromatic heterocycles. The Balaban J connectivity index is 2.87. The van der Waals surface area contributed by atoms with Crippen LogP contribution in [0, 0.1) is 0 Å². The van der Waals surface area contributed by atoms with Crippen LogP contribution >= 0.6 is 0 Å². The lowest BCUT2D eigenvalue weighted by Crippen LogP contribution is -2.07. The molecule has 4 nitrogen and oxygen atoms in total.